The number of thiazole rings is 1. The van der Waals surface area contributed by atoms with E-state index < -0.39 is 21.7 Å². The molecule has 1 atom stereocenters. The first-order valence-corrected chi connectivity index (χ1v) is 17.4. The van der Waals surface area contributed by atoms with Gasteiger partial charge in [0.15, 0.2) is 5.01 Å². The molecule has 5 rings (SSSR count). The Balaban J connectivity index is 1.27. The van der Waals surface area contributed by atoms with Crippen LogP contribution in [0.1, 0.15) is 84.4 Å². The van der Waals surface area contributed by atoms with Crippen LogP contribution in [0.3, 0.4) is 0 Å². The van der Waals surface area contributed by atoms with E-state index in [1.165, 1.54) is 11.3 Å². The smallest absolute Gasteiger partial charge is 0.264 e. The maximum Gasteiger partial charge on any atom is 0.264 e. The van der Waals surface area contributed by atoms with Crippen LogP contribution in [0.25, 0.3) is 10.2 Å². The summed E-state index contributed by atoms with van der Waals surface area (Å²) in [5.41, 5.74) is 9.31. The van der Waals surface area contributed by atoms with Gasteiger partial charge in [0.05, 0.1) is 21.2 Å². The molecule has 2 heterocycles. The molecule has 4 N–H and O–H groups in total. The Morgan fingerprint density at radius 2 is 1.84 bits per heavy atom. The highest BCUT2D eigenvalue weighted by Gasteiger charge is 2.37. The van der Waals surface area contributed by atoms with Crippen molar-refractivity contribution in [1.29, 1.82) is 0 Å². The number of rotatable bonds is 10. The number of para-hydroxylation sites is 1. The lowest BCUT2D eigenvalue weighted by molar-refractivity contribution is -0.125. The van der Waals surface area contributed by atoms with Gasteiger partial charge in [0, 0.05) is 24.4 Å². The van der Waals surface area contributed by atoms with Gasteiger partial charge in [-0.25, -0.2) is 18.1 Å². The second-order valence-corrected chi connectivity index (χ2v) is 15.1. The number of ether oxygens (including phenoxy) is 1. The third kappa shape index (κ3) is 6.61. The molecule has 1 fully saturated rings. The normalized spacial score (nSPS) is 17.3. The number of guanidine groups is 1. The van der Waals surface area contributed by atoms with E-state index in [2.05, 4.69) is 20.0 Å². The van der Waals surface area contributed by atoms with Crippen LogP contribution in [-0.4, -0.2) is 49.2 Å². The van der Waals surface area contributed by atoms with Crippen molar-refractivity contribution < 1.29 is 22.7 Å². The lowest BCUT2D eigenvalue weighted by atomic mass is 9.94. The van der Waals surface area contributed by atoms with Gasteiger partial charge in [0.25, 0.3) is 10.0 Å². The van der Waals surface area contributed by atoms with E-state index in [-0.39, 0.29) is 35.0 Å². The summed E-state index contributed by atoms with van der Waals surface area (Å²) < 4.78 is 36.4. The van der Waals surface area contributed by atoms with Gasteiger partial charge in [-0.2, -0.15) is 0 Å². The number of aliphatic imine (C=N–C) groups is 1. The fourth-order valence-electron chi connectivity index (χ4n) is 6.24. The number of benzene rings is 2. The molecule has 0 saturated heterocycles. The molecule has 1 aliphatic heterocycles. The Morgan fingerprint density at radius 3 is 2.55 bits per heavy atom. The molecule has 0 bridgehead atoms. The first-order chi connectivity index (χ1) is 20.8. The predicted octanol–water partition coefficient (Wildman–Crippen LogP) is 4.87. The molecule has 1 saturated carbocycles. The van der Waals surface area contributed by atoms with Crippen LogP contribution in [-0.2, 0) is 21.2 Å². The standard InChI is InChI=1S/C32H41N5O5S2/c1-18-19(2)28(20(3)22-17-32(4,5)42-27(18)22)44(40,41)37-31(33)34-16-10-14-24(35-29(39)21-11-6-7-12-21)26(38)30-36-23-13-8-9-15-25(23)43-30/h8-9,13,15,21,24H,6-7,10-12,14,16-17H2,1-5H3,(H,35,39)(H3,33,34,37)/t24-/m0/s1. The number of aromatic nitrogens is 1. The molecular formula is C32H41N5O5S2. The van der Waals surface area contributed by atoms with Crippen molar-refractivity contribution >= 4 is 49.2 Å². The van der Waals surface area contributed by atoms with Gasteiger partial charge in [-0.05, 0) is 89.1 Å². The van der Waals surface area contributed by atoms with Crippen molar-refractivity contribution in [3.8, 4) is 5.75 Å². The minimum Gasteiger partial charge on any atom is -0.487 e. The number of amides is 1. The van der Waals surface area contributed by atoms with E-state index in [0.29, 0.717) is 35.4 Å². The van der Waals surface area contributed by atoms with E-state index in [0.717, 1.165) is 52.8 Å². The van der Waals surface area contributed by atoms with Crippen LogP contribution < -0.4 is 20.5 Å². The number of carbonyl (C=O) groups is 2. The molecule has 1 amide bonds. The van der Waals surface area contributed by atoms with Crippen molar-refractivity contribution in [3.63, 3.8) is 0 Å². The van der Waals surface area contributed by atoms with Crippen LogP contribution in [0.5, 0.6) is 5.75 Å². The lowest BCUT2D eigenvalue weighted by Gasteiger charge is -2.19. The fourth-order valence-corrected chi connectivity index (χ4v) is 8.72. The summed E-state index contributed by atoms with van der Waals surface area (Å²) in [6.07, 6.45) is 4.98. The molecule has 236 valence electrons. The van der Waals surface area contributed by atoms with Gasteiger partial charge in [-0.1, -0.05) is 25.0 Å². The third-order valence-electron chi connectivity index (χ3n) is 8.60. The third-order valence-corrected chi connectivity index (χ3v) is 11.3. The van der Waals surface area contributed by atoms with E-state index in [1.54, 1.807) is 13.8 Å². The van der Waals surface area contributed by atoms with Gasteiger partial charge in [0.2, 0.25) is 17.6 Å². The van der Waals surface area contributed by atoms with Crippen LogP contribution in [0.2, 0.25) is 0 Å². The summed E-state index contributed by atoms with van der Waals surface area (Å²) in [5.74, 6) is 0.0847. The van der Waals surface area contributed by atoms with Crippen LogP contribution in [0.15, 0.2) is 34.2 Å². The molecule has 0 unspecified atom stereocenters. The molecule has 2 aliphatic rings. The molecule has 10 nitrogen and oxygen atoms in total. The van der Waals surface area contributed by atoms with E-state index in [1.807, 2.05) is 45.0 Å². The maximum absolute atomic E-state index is 13.5. The fraction of sp³-hybridized carbons (Fsp3) is 0.500. The summed E-state index contributed by atoms with van der Waals surface area (Å²) in [7, 11) is -4.02. The Kier molecular flexibility index (Phi) is 9.04. The van der Waals surface area contributed by atoms with Crippen molar-refractivity contribution in [2.45, 2.75) is 96.1 Å². The van der Waals surface area contributed by atoms with Crippen molar-refractivity contribution in [2.75, 3.05) is 6.54 Å². The number of sulfonamides is 1. The second kappa shape index (κ2) is 12.5. The average Bonchev–Trinajstić information content (AvgIpc) is 3.71. The van der Waals surface area contributed by atoms with Crippen LogP contribution >= 0.6 is 11.3 Å². The number of nitrogens with two attached hydrogens (primary N) is 1. The summed E-state index contributed by atoms with van der Waals surface area (Å²) in [5, 5.41) is 3.32. The quantitative estimate of drug-likeness (QED) is 0.124. The van der Waals surface area contributed by atoms with E-state index in [9.17, 15) is 18.0 Å². The molecule has 0 spiro atoms. The van der Waals surface area contributed by atoms with Gasteiger partial charge < -0.3 is 15.8 Å². The molecule has 1 aromatic heterocycles. The number of nitrogens with zero attached hydrogens (tertiary/aromatic N) is 2. The topological polar surface area (TPSA) is 153 Å². The molecular weight excluding hydrogens is 599 g/mol. The summed E-state index contributed by atoms with van der Waals surface area (Å²) in [6, 6.07) is 6.78. The van der Waals surface area contributed by atoms with Gasteiger partial charge in [-0.3, -0.25) is 14.6 Å². The van der Waals surface area contributed by atoms with Crippen molar-refractivity contribution in [2.24, 2.45) is 16.6 Å². The monoisotopic (exact) mass is 639 g/mol. The Bertz CT molecular complexity index is 1710. The first-order valence-electron chi connectivity index (χ1n) is 15.1. The van der Waals surface area contributed by atoms with E-state index in [4.69, 9.17) is 10.5 Å². The highest BCUT2D eigenvalue weighted by molar-refractivity contribution is 7.90. The summed E-state index contributed by atoms with van der Waals surface area (Å²) in [4.78, 5) is 35.4. The zero-order valence-corrected chi connectivity index (χ0v) is 27.6. The highest BCUT2D eigenvalue weighted by Crippen LogP contribution is 2.43. The number of fused-ring (bicyclic) bond motifs is 2. The SMILES string of the molecule is Cc1c(C)c(S(=O)(=O)NC(N)=NCCC[C@H](NC(=O)C2CCCC2)C(=O)c2nc3ccccc3s2)c(C)c2c1OC(C)(C)C2. The van der Waals surface area contributed by atoms with E-state index >= 15 is 0 Å². The van der Waals surface area contributed by atoms with Crippen molar-refractivity contribution in [3.05, 3.63) is 51.5 Å². The molecule has 3 aromatic rings. The Hall–Kier alpha value is -3.51. The first kappa shape index (κ1) is 31.9. The molecule has 0 radical (unpaired) electrons. The number of ketones is 1. The number of hydrogen-bond donors (Lipinski definition) is 3. The number of hydrogen-bond acceptors (Lipinski definition) is 8. The molecule has 2 aromatic carbocycles. The number of Topliss-reactive ketones (excluding diaryl/α,β-unsaturated/α-hetero) is 1. The predicted molar refractivity (Wildman–Crippen MR) is 173 cm³/mol. The van der Waals surface area contributed by atoms with Crippen LogP contribution in [0, 0.1) is 26.7 Å². The second-order valence-electron chi connectivity index (χ2n) is 12.5. The lowest BCUT2D eigenvalue weighted by Crippen LogP contribution is -2.43. The summed E-state index contributed by atoms with van der Waals surface area (Å²) in [6.45, 7) is 9.55. The van der Waals surface area contributed by atoms with Crippen LogP contribution in [0.4, 0.5) is 0 Å². The van der Waals surface area contributed by atoms with Gasteiger partial charge >= 0.3 is 0 Å². The maximum atomic E-state index is 13.5. The highest BCUT2D eigenvalue weighted by atomic mass is 32.2. The Labute approximate surface area is 262 Å². The number of carbonyl (C=O) groups excluding carboxylic acids is 2. The largest absolute Gasteiger partial charge is 0.487 e. The molecule has 44 heavy (non-hydrogen) atoms. The average molecular weight is 640 g/mol. The number of nitrogens with one attached hydrogen (secondary N) is 2. The minimum atomic E-state index is -4.02. The zero-order valence-electron chi connectivity index (χ0n) is 26.0. The Morgan fingerprint density at radius 1 is 1.14 bits per heavy atom. The molecule has 12 heteroatoms. The van der Waals surface area contributed by atoms with Gasteiger partial charge in [0.1, 0.15) is 11.4 Å². The minimum absolute atomic E-state index is 0.0869. The summed E-state index contributed by atoms with van der Waals surface area (Å²) >= 11 is 1.31. The zero-order chi connectivity index (χ0) is 31.8. The van der Waals surface area contributed by atoms with Gasteiger partial charge in [-0.15, -0.1) is 11.3 Å². The molecule has 1 aliphatic carbocycles. The van der Waals surface area contributed by atoms with Crippen molar-refractivity contribution in [1.82, 2.24) is 15.0 Å².